The highest BCUT2D eigenvalue weighted by Crippen LogP contribution is 2.28. The number of aliphatic imine (C=N–C) groups is 1. The molecule has 1 fully saturated rings. The van der Waals surface area contributed by atoms with Crippen LogP contribution < -0.4 is 10.6 Å². The summed E-state index contributed by atoms with van der Waals surface area (Å²) in [6.45, 7) is 8.56. The van der Waals surface area contributed by atoms with Gasteiger partial charge in [0.1, 0.15) is 0 Å². The molecule has 108 valence electrons. The van der Waals surface area contributed by atoms with Crippen LogP contribution in [0.5, 0.6) is 0 Å². The molecule has 0 aliphatic heterocycles. The maximum Gasteiger partial charge on any atom is 0.191 e. The SMILES string of the molecule is CCCCCC(C)NC(=NCC1CC1)NCC.I. The molecule has 1 saturated carbocycles. The van der Waals surface area contributed by atoms with E-state index in [2.05, 4.69) is 36.4 Å². The maximum absolute atomic E-state index is 4.64. The fourth-order valence-corrected chi connectivity index (χ4v) is 1.85. The van der Waals surface area contributed by atoms with Crippen LogP contribution in [0.1, 0.15) is 59.3 Å². The van der Waals surface area contributed by atoms with E-state index in [1.165, 1.54) is 38.5 Å². The number of nitrogens with zero attached hydrogens (tertiary/aromatic N) is 1. The fourth-order valence-electron chi connectivity index (χ4n) is 1.85. The lowest BCUT2D eigenvalue weighted by Crippen LogP contribution is -2.42. The van der Waals surface area contributed by atoms with Gasteiger partial charge in [-0.2, -0.15) is 0 Å². The molecule has 2 N–H and O–H groups in total. The first kappa shape index (κ1) is 18.0. The quantitative estimate of drug-likeness (QED) is 0.298. The van der Waals surface area contributed by atoms with Crippen molar-refractivity contribution < 1.29 is 0 Å². The minimum Gasteiger partial charge on any atom is -0.357 e. The predicted octanol–water partition coefficient (Wildman–Crippen LogP) is 3.54. The van der Waals surface area contributed by atoms with Crippen LogP contribution in [0.3, 0.4) is 0 Å². The van der Waals surface area contributed by atoms with Gasteiger partial charge in [0.15, 0.2) is 5.96 Å². The van der Waals surface area contributed by atoms with Crippen LogP contribution in [0, 0.1) is 5.92 Å². The molecular formula is C14H30IN3. The van der Waals surface area contributed by atoms with Gasteiger partial charge in [-0.25, -0.2) is 0 Å². The Bertz CT molecular complexity index is 227. The Morgan fingerprint density at radius 3 is 2.56 bits per heavy atom. The van der Waals surface area contributed by atoms with Gasteiger partial charge in [-0.15, -0.1) is 24.0 Å². The number of unbranched alkanes of at least 4 members (excludes halogenated alkanes) is 2. The standard InChI is InChI=1S/C14H29N3.HI/c1-4-6-7-8-12(3)17-14(15-5-2)16-11-13-9-10-13;/h12-13H,4-11H2,1-3H3,(H2,15,16,17);1H. The molecule has 0 bridgehead atoms. The number of hydrogen-bond acceptors (Lipinski definition) is 1. The third kappa shape index (κ3) is 9.00. The van der Waals surface area contributed by atoms with Crippen molar-refractivity contribution >= 4 is 29.9 Å². The third-order valence-corrected chi connectivity index (χ3v) is 3.17. The Balaban J connectivity index is 0.00000289. The summed E-state index contributed by atoms with van der Waals surface area (Å²) in [7, 11) is 0. The molecule has 0 aromatic carbocycles. The van der Waals surface area contributed by atoms with Gasteiger partial charge in [0.2, 0.25) is 0 Å². The van der Waals surface area contributed by atoms with Crippen LogP contribution in [-0.2, 0) is 0 Å². The average Bonchev–Trinajstić information content (AvgIpc) is 3.10. The number of rotatable bonds is 8. The summed E-state index contributed by atoms with van der Waals surface area (Å²) < 4.78 is 0. The van der Waals surface area contributed by atoms with Crippen molar-refractivity contribution in [1.29, 1.82) is 0 Å². The van der Waals surface area contributed by atoms with Gasteiger partial charge in [-0.05, 0) is 39.0 Å². The van der Waals surface area contributed by atoms with Gasteiger partial charge >= 0.3 is 0 Å². The molecule has 0 aromatic rings. The largest absolute Gasteiger partial charge is 0.357 e. The van der Waals surface area contributed by atoms with Crippen molar-refractivity contribution in [3.63, 3.8) is 0 Å². The highest BCUT2D eigenvalue weighted by Gasteiger charge is 2.20. The molecule has 0 saturated heterocycles. The zero-order chi connectivity index (χ0) is 12.5. The van der Waals surface area contributed by atoms with Crippen molar-refractivity contribution in [2.45, 2.75) is 65.3 Å². The van der Waals surface area contributed by atoms with Crippen LogP contribution in [0.4, 0.5) is 0 Å². The Kier molecular flexibility index (Phi) is 10.9. The summed E-state index contributed by atoms with van der Waals surface area (Å²) in [6, 6.07) is 0.526. The molecule has 4 heteroatoms. The van der Waals surface area contributed by atoms with Gasteiger partial charge in [-0.3, -0.25) is 4.99 Å². The van der Waals surface area contributed by atoms with Crippen molar-refractivity contribution in [1.82, 2.24) is 10.6 Å². The van der Waals surface area contributed by atoms with E-state index in [-0.39, 0.29) is 24.0 Å². The predicted molar refractivity (Wildman–Crippen MR) is 90.9 cm³/mol. The molecule has 18 heavy (non-hydrogen) atoms. The number of guanidine groups is 1. The highest BCUT2D eigenvalue weighted by molar-refractivity contribution is 14.0. The van der Waals surface area contributed by atoms with Crippen LogP contribution >= 0.6 is 24.0 Å². The second-order valence-electron chi connectivity index (χ2n) is 5.20. The molecule has 1 rings (SSSR count). The molecule has 1 atom stereocenters. The monoisotopic (exact) mass is 367 g/mol. The van der Waals surface area contributed by atoms with E-state index in [0.717, 1.165) is 25.0 Å². The lowest BCUT2D eigenvalue weighted by molar-refractivity contribution is 0.546. The summed E-state index contributed by atoms with van der Waals surface area (Å²) in [5, 5.41) is 6.82. The highest BCUT2D eigenvalue weighted by atomic mass is 127. The average molecular weight is 367 g/mol. The Hall–Kier alpha value is 0. The van der Waals surface area contributed by atoms with Gasteiger partial charge in [0.25, 0.3) is 0 Å². The van der Waals surface area contributed by atoms with Crippen LogP contribution in [-0.4, -0.2) is 25.1 Å². The van der Waals surface area contributed by atoms with E-state index in [4.69, 9.17) is 0 Å². The Morgan fingerprint density at radius 1 is 1.28 bits per heavy atom. The summed E-state index contributed by atoms with van der Waals surface area (Å²) >= 11 is 0. The van der Waals surface area contributed by atoms with E-state index in [0.29, 0.717) is 6.04 Å². The minimum absolute atomic E-state index is 0. The van der Waals surface area contributed by atoms with E-state index < -0.39 is 0 Å². The maximum atomic E-state index is 4.64. The Morgan fingerprint density at radius 2 is 2.00 bits per heavy atom. The molecule has 0 heterocycles. The lowest BCUT2D eigenvalue weighted by Gasteiger charge is -2.17. The van der Waals surface area contributed by atoms with Crippen molar-refractivity contribution in [2.24, 2.45) is 10.9 Å². The first-order valence-corrected chi connectivity index (χ1v) is 7.31. The van der Waals surface area contributed by atoms with Crippen molar-refractivity contribution in [3.05, 3.63) is 0 Å². The topological polar surface area (TPSA) is 36.4 Å². The van der Waals surface area contributed by atoms with E-state index in [9.17, 15) is 0 Å². The smallest absolute Gasteiger partial charge is 0.191 e. The summed E-state index contributed by atoms with van der Waals surface area (Å²) in [4.78, 5) is 4.64. The molecule has 1 aliphatic carbocycles. The summed E-state index contributed by atoms with van der Waals surface area (Å²) in [6.07, 6.45) is 7.92. The molecular weight excluding hydrogens is 337 g/mol. The molecule has 0 aromatic heterocycles. The van der Waals surface area contributed by atoms with E-state index in [1.807, 2.05) is 0 Å². The van der Waals surface area contributed by atoms with Gasteiger partial charge in [-0.1, -0.05) is 26.2 Å². The van der Waals surface area contributed by atoms with Gasteiger partial charge < -0.3 is 10.6 Å². The van der Waals surface area contributed by atoms with Crippen molar-refractivity contribution in [3.8, 4) is 0 Å². The zero-order valence-electron chi connectivity index (χ0n) is 12.2. The molecule has 1 aliphatic rings. The molecule has 0 radical (unpaired) electrons. The molecule has 1 unspecified atom stereocenters. The fraction of sp³-hybridized carbons (Fsp3) is 0.929. The molecule has 0 amide bonds. The zero-order valence-corrected chi connectivity index (χ0v) is 14.5. The first-order valence-electron chi connectivity index (χ1n) is 7.31. The third-order valence-electron chi connectivity index (χ3n) is 3.17. The van der Waals surface area contributed by atoms with Crippen molar-refractivity contribution in [2.75, 3.05) is 13.1 Å². The summed E-state index contributed by atoms with van der Waals surface area (Å²) in [5.74, 6) is 1.87. The van der Waals surface area contributed by atoms with Gasteiger partial charge in [0.05, 0.1) is 0 Å². The number of nitrogens with one attached hydrogen (secondary N) is 2. The lowest BCUT2D eigenvalue weighted by atomic mass is 10.1. The van der Waals surface area contributed by atoms with Crippen LogP contribution in [0.25, 0.3) is 0 Å². The second kappa shape index (κ2) is 10.9. The van der Waals surface area contributed by atoms with Crippen LogP contribution in [0.2, 0.25) is 0 Å². The number of halogens is 1. The Labute approximate surface area is 130 Å². The normalized spacial score (nSPS) is 16.9. The van der Waals surface area contributed by atoms with Gasteiger partial charge in [0, 0.05) is 19.1 Å². The number of hydrogen-bond donors (Lipinski definition) is 2. The minimum atomic E-state index is 0. The second-order valence-corrected chi connectivity index (χ2v) is 5.20. The molecule has 0 spiro atoms. The summed E-state index contributed by atoms with van der Waals surface area (Å²) in [5.41, 5.74) is 0. The molecule has 3 nitrogen and oxygen atoms in total. The van der Waals surface area contributed by atoms with E-state index in [1.54, 1.807) is 0 Å². The van der Waals surface area contributed by atoms with Crippen LogP contribution in [0.15, 0.2) is 4.99 Å². The first-order chi connectivity index (χ1) is 8.26. The van der Waals surface area contributed by atoms with E-state index >= 15 is 0 Å².